The lowest BCUT2D eigenvalue weighted by Gasteiger charge is -2.40. The van der Waals surface area contributed by atoms with Gasteiger partial charge in [0.2, 0.25) is 10.0 Å². The quantitative estimate of drug-likeness (QED) is 0.627. The lowest BCUT2D eigenvalue weighted by molar-refractivity contribution is -0.00213. The molecule has 1 unspecified atom stereocenters. The molecular formula is C26H37N3O3S. The van der Waals surface area contributed by atoms with Crippen LogP contribution in [0.5, 0.6) is 0 Å². The third kappa shape index (κ3) is 6.78. The number of aromatic nitrogens is 1. The van der Waals surface area contributed by atoms with Crippen LogP contribution in [0.3, 0.4) is 0 Å². The minimum Gasteiger partial charge on any atom is -0.378 e. The molecule has 180 valence electrons. The molecule has 0 amide bonds. The van der Waals surface area contributed by atoms with Gasteiger partial charge in [-0.1, -0.05) is 43.3 Å². The molecule has 1 N–H and O–H groups in total. The summed E-state index contributed by atoms with van der Waals surface area (Å²) in [5.41, 5.74) is 2.65. The minimum absolute atomic E-state index is 0.0907. The first-order valence-corrected chi connectivity index (χ1v) is 14.1. The summed E-state index contributed by atoms with van der Waals surface area (Å²) < 4.78 is 33.2. The molecule has 0 spiro atoms. The van der Waals surface area contributed by atoms with Crippen molar-refractivity contribution in [2.45, 2.75) is 63.5 Å². The van der Waals surface area contributed by atoms with E-state index in [4.69, 9.17) is 4.74 Å². The molecule has 6 nitrogen and oxygen atoms in total. The number of hydrogen-bond acceptors (Lipinski definition) is 5. The van der Waals surface area contributed by atoms with Crippen LogP contribution < -0.4 is 9.62 Å². The van der Waals surface area contributed by atoms with Crippen molar-refractivity contribution >= 4 is 15.8 Å². The van der Waals surface area contributed by atoms with Crippen molar-refractivity contribution in [1.82, 2.24) is 9.71 Å². The third-order valence-corrected chi connectivity index (χ3v) is 7.86. The Labute approximate surface area is 198 Å². The van der Waals surface area contributed by atoms with E-state index in [0.717, 1.165) is 57.4 Å². The van der Waals surface area contributed by atoms with E-state index in [2.05, 4.69) is 64.0 Å². The summed E-state index contributed by atoms with van der Waals surface area (Å²) in [4.78, 5) is 6.90. The molecule has 2 atom stereocenters. The fourth-order valence-electron chi connectivity index (χ4n) is 5.20. The second-order valence-electron chi connectivity index (χ2n) is 9.59. The van der Waals surface area contributed by atoms with Gasteiger partial charge in [0.15, 0.2) is 0 Å². The van der Waals surface area contributed by atoms with E-state index in [0.29, 0.717) is 12.5 Å². The van der Waals surface area contributed by atoms with E-state index in [1.54, 1.807) is 0 Å². The van der Waals surface area contributed by atoms with Crippen molar-refractivity contribution in [3.8, 4) is 0 Å². The summed E-state index contributed by atoms with van der Waals surface area (Å²) in [6.07, 6.45) is 9.55. The Morgan fingerprint density at radius 1 is 1.06 bits per heavy atom. The Bertz CT molecular complexity index is 974. The van der Waals surface area contributed by atoms with Gasteiger partial charge >= 0.3 is 0 Å². The predicted molar refractivity (Wildman–Crippen MR) is 133 cm³/mol. The molecule has 2 fully saturated rings. The van der Waals surface area contributed by atoms with Crippen LogP contribution >= 0.6 is 0 Å². The zero-order valence-electron chi connectivity index (χ0n) is 19.8. The lowest BCUT2D eigenvalue weighted by atomic mass is 9.82. The highest BCUT2D eigenvalue weighted by Gasteiger charge is 2.33. The Morgan fingerprint density at radius 2 is 1.82 bits per heavy atom. The van der Waals surface area contributed by atoms with Gasteiger partial charge in [0.1, 0.15) is 5.82 Å². The van der Waals surface area contributed by atoms with E-state index in [9.17, 15) is 8.42 Å². The number of hydrogen-bond donors (Lipinski definition) is 1. The number of nitrogens with one attached hydrogen (secondary N) is 1. The van der Waals surface area contributed by atoms with Crippen LogP contribution in [-0.4, -0.2) is 51.5 Å². The van der Waals surface area contributed by atoms with E-state index < -0.39 is 10.0 Å². The maximum absolute atomic E-state index is 12.0. The summed E-state index contributed by atoms with van der Waals surface area (Å²) in [6, 6.07) is 14.9. The van der Waals surface area contributed by atoms with Crippen LogP contribution in [0.2, 0.25) is 0 Å². The van der Waals surface area contributed by atoms with Crippen LogP contribution in [0.1, 0.15) is 56.1 Å². The smallest absolute Gasteiger partial charge is 0.208 e. The molecule has 1 aromatic heterocycles. The lowest BCUT2D eigenvalue weighted by Crippen LogP contribution is -2.52. The molecule has 1 aromatic carbocycles. The maximum atomic E-state index is 12.0. The van der Waals surface area contributed by atoms with Crippen molar-refractivity contribution in [2.75, 3.05) is 30.9 Å². The fourth-order valence-corrected chi connectivity index (χ4v) is 6.06. The van der Waals surface area contributed by atoms with E-state index in [-0.39, 0.29) is 18.1 Å². The Kier molecular flexibility index (Phi) is 8.04. The average Bonchev–Trinajstić information content (AvgIpc) is 2.83. The first-order valence-electron chi connectivity index (χ1n) is 12.2. The van der Waals surface area contributed by atoms with Crippen molar-refractivity contribution in [1.29, 1.82) is 0 Å². The third-order valence-electron chi connectivity index (χ3n) is 7.13. The number of ether oxygens (including phenoxy) is 1. The number of aryl methyl sites for hydroxylation is 1. The number of sulfonamides is 1. The summed E-state index contributed by atoms with van der Waals surface area (Å²) in [5.74, 6) is 1.67. The van der Waals surface area contributed by atoms with Crippen molar-refractivity contribution < 1.29 is 13.2 Å². The van der Waals surface area contributed by atoms with Gasteiger partial charge in [-0.25, -0.2) is 18.1 Å². The number of piperidine rings is 1. The van der Waals surface area contributed by atoms with Gasteiger partial charge in [0.25, 0.3) is 0 Å². The van der Waals surface area contributed by atoms with Gasteiger partial charge in [-0.15, -0.1) is 0 Å². The highest BCUT2D eigenvalue weighted by atomic mass is 32.2. The van der Waals surface area contributed by atoms with Gasteiger partial charge in [-0.05, 0) is 61.6 Å². The van der Waals surface area contributed by atoms with Gasteiger partial charge in [-0.2, -0.15) is 0 Å². The molecule has 0 radical (unpaired) electrons. The van der Waals surface area contributed by atoms with Gasteiger partial charge < -0.3 is 9.64 Å². The van der Waals surface area contributed by atoms with Crippen molar-refractivity contribution in [3.63, 3.8) is 0 Å². The second kappa shape index (κ2) is 11.0. The van der Waals surface area contributed by atoms with E-state index >= 15 is 0 Å². The Balaban J connectivity index is 1.35. The summed E-state index contributed by atoms with van der Waals surface area (Å²) in [5, 5.41) is 0. The zero-order valence-corrected chi connectivity index (χ0v) is 20.6. The highest BCUT2D eigenvalue weighted by Crippen LogP contribution is 2.34. The first kappa shape index (κ1) is 24.2. The van der Waals surface area contributed by atoms with E-state index in [1.807, 2.05) is 6.20 Å². The number of benzene rings is 1. The number of anilines is 1. The largest absolute Gasteiger partial charge is 0.378 e. The summed E-state index contributed by atoms with van der Waals surface area (Å²) in [7, 11) is -3.27. The highest BCUT2D eigenvalue weighted by molar-refractivity contribution is 7.88. The van der Waals surface area contributed by atoms with Crippen LogP contribution in [0.4, 0.5) is 5.82 Å². The minimum atomic E-state index is -3.27. The molecule has 0 bridgehead atoms. The molecular weight excluding hydrogens is 434 g/mol. The van der Waals surface area contributed by atoms with Gasteiger partial charge in [-0.3, -0.25) is 0 Å². The molecule has 1 aliphatic carbocycles. The molecule has 2 heterocycles. The number of rotatable bonds is 8. The summed E-state index contributed by atoms with van der Waals surface area (Å²) in [6.45, 7) is 4.21. The van der Waals surface area contributed by atoms with Crippen LogP contribution in [0.15, 0.2) is 48.7 Å². The first-order chi connectivity index (χ1) is 15.9. The van der Waals surface area contributed by atoms with Gasteiger partial charge in [0.05, 0.1) is 19.0 Å². The molecule has 1 aliphatic heterocycles. The van der Waals surface area contributed by atoms with Crippen molar-refractivity contribution in [3.05, 3.63) is 59.8 Å². The fraction of sp³-hybridized carbons (Fsp3) is 0.577. The molecule has 4 rings (SSSR count). The van der Waals surface area contributed by atoms with Crippen LogP contribution in [0.25, 0.3) is 0 Å². The monoisotopic (exact) mass is 471 g/mol. The Hall–Kier alpha value is -1.96. The molecule has 2 aliphatic rings. The van der Waals surface area contributed by atoms with Gasteiger partial charge in [0, 0.05) is 31.2 Å². The standard InChI is InChI=1S/C26H37N3O3S/c1-3-20-9-14-26(27-17-20)29-16-15-25(28-33(2,30)31)23(18-29)19-32-24-12-10-22(11-13-24)21-7-5-4-6-8-21/h4-9,14,17,22-25,28H,3,10-13,15-16,18-19H2,1-2H3/t22?,23-,24?,25?/m0/s1. The average molecular weight is 472 g/mol. The van der Waals surface area contributed by atoms with Crippen LogP contribution in [-0.2, 0) is 21.2 Å². The molecule has 1 saturated heterocycles. The summed E-state index contributed by atoms with van der Waals surface area (Å²) >= 11 is 0. The SMILES string of the molecule is CCc1ccc(N2CCC(NS(C)(=O)=O)[C@H](COC3CCC(c4ccccc4)CC3)C2)nc1. The molecule has 2 aromatic rings. The Morgan fingerprint density at radius 3 is 2.45 bits per heavy atom. The second-order valence-corrected chi connectivity index (χ2v) is 11.4. The predicted octanol–water partition coefficient (Wildman–Crippen LogP) is 4.13. The normalized spacial score (nSPS) is 26.3. The molecule has 33 heavy (non-hydrogen) atoms. The topological polar surface area (TPSA) is 71.5 Å². The number of pyridine rings is 1. The molecule has 7 heteroatoms. The zero-order chi connectivity index (χ0) is 23.3. The maximum Gasteiger partial charge on any atom is 0.208 e. The van der Waals surface area contributed by atoms with Crippen molar-refractivity contribution in [2.24, 2.45) is 5.92 Å². The molecule has 1 saturated carbocycles. The van der Waals surface area contributed by atoms with Crippen LogP contribution in [0, 0.1) is 5.92 Å². The van der Waals surface area contributed by atoms with E-state index in [1.165, 1.54) is 17.4 Å². The number of nitrogens with zero attached hydrogens (tertiary/aromatic N) is 2.